The average molecular weight is 305 g/mol. The lowest BCUT2D eigenvalue weighted by Crippen LogP contribution is -2.37. The second-order valence-electron chi connectivity index (χ2n) is 5.43. The van der Waals surface area contributed by atoms with E-state index in [1.54, 1.807) is 27.9 Å². The molecular weight excluding hydrogens is 287 g/mol. The summed E-state index contributed by atoms with van der Waals surface area (Å²) in [5, 5.41) is 2.62. The Morgan fingerprint density at radius 3 is 2.33 bits per heavy atom. The largest absolute Gasteiger partial charge is 0.433 e. The number of halogens is 3. The maximum atomic E-state index is 12.8. The summed E-state index contributed by atoms with van der Waals surface area (Å²) < 4.78 is 38.4. The molecule has 1 aromatic heterocycles. The van der Waals surface area contributed by atoms with Crippen LogP contribution in [0.1, 0.15) is 19.5 Å². The van der Waals surface area contributed by atoms with E-state index in [4.69, 9.17) is 5.73 Å². The summed E-state index contributed by atoms with van der Waals surface area (Å²) in [4.78, 5) is 20.0. The summed E-state index contributed by atoms with van der Waals surface area (Å²) in [6.07, 6.45) is -4.58. The number of rotatable bonds is 5. The number of hydrogen-bond acceptors (Lipinski definition) is 5. The smallest absolute Gasteiger partial charge is 0.369 e. The number of nitrogens with two attached hydrogens (primary N) is 1. The Kier molecular flexibility index (Phi) is 4.65. The zero-order valence-corrected chi connectivity index (χ0v) is 12.2. The Hall–Kier alpha value is -2.06. The van der Waals surface area contributed by atoms with Gasteiger partial charge in [0.25, 0.3) is 0 Å². The quantitative estimate of drug-likeness (QED) is 0.861. The number of hydrogen-bond donors (Lipinski definition) is 2. The normalized spacial score (nSPS) is 12.1. The number of primary amides is 1. The molecule has 1 rings (SSSR count). The second kappa shape index (κ2) is 5.74. The molecule has 9 heteroatoms. The van der Waals surface area contributed by atoms with E-state index in [1.165, 1.54) is 4.90 Å². The van der Waals surface area contributed by atoms with Gasteiger partial charge in [-0.05, 0) is 13.8 Å². The molecule has 118 valence electrons. The van der Waals surface area contributed by atoms with Crippen LogP contribution in [0.2, 0.25) is 0 Å². The van der Waals surface area contributed by atoms with Crippen molar-refractivity contribution < 1.29 is 18.0 Å². The van der Waals surface area contributed by atoms with Crippen LogP contribution in [0.4, 0.5) is 24.9 Å². The number of anilines is 2. The molecule has 0 radical (unpaired) electrons. The minimum absolute atomic E-state index is 0.0243. The van der Waals surface area contributed by atoms with Crippen LogP contribution >= 0.6 is 0 Å². The summed E-state index contributed by atoms with van der Waals surface area (Å²) in [6.45, 7) is 3.17. The number of alkyl halides is 3. The molecule has 0 aromatic carbocycles. The van der Waals surface area contributed by atoms with Gasteiger partial charge in [-0.25, -0.2) is 4.98 Å². The number of carbonyl (C=O) groups is 1. The van der Waals surface area contributed by atoms with Gasteiger partial charge >= 0.3 is 6.18 Å². The molecule has 0 bridgehead atoms. The highest BCUT2D eigenvalue weighted by Crippen LogP contribution is 2.30. The van der Waals surface area contributed by atoms with Gasteiger partial charge in [0.05, 0.1) is 5.41 Å². The number of nitrogens with zero attached hydrogens (tertiary/aromatic N) is 3. The molecule has 0 atom stereocenters. The zero-order valence-electron chi connectivity index (χ0n) is 12.2. The SMILES string of the molecule is CN(C)c1cc(C(F)(F)F)nc(NCC(C)(C)C(N)=O)n1. The predicted octanol–water partition coefficient (Wildman–Crippen LogP) is 1.48. The summed E-state index contributed by atoms with van der Waals surface area (Å²) in [7, 11) is 3.14. The highest BCUT2D eigenvalue weighted by atomic mass is 19.4. The highest BCUT2D eigenvalue weighted by molar-refractivity contribution is 5.80. The van der Waals surface area contributed by atoms with Gasteiger partial charge in [0.2, 0.25) is 11.9 Å². The van der Waals surface area contributed by atoms with Crippen molar-refractivity contribution in [1.29, 1.82) is 0 Å². The molecule has 21 heavy (non-hydrogen) atoms. The minimum atomic E-state index is -4.58. The third kappa shape index (κ3) is 4.47. The van der Waals surface area contributed by atoms with Crippen molar-refractivity contribution >= 4 is 17.7 Å². The average Bonchev–Trinajstić information content (AvgIpc) is 2.34. The predicted molar refractivity (Wildman–Crippen MR) is 72.8 cm³/mol. The van der Waals surface area contributed by atoms with E-state index in [0.717, 1.165) is 6.07 Å². The Morgan fingerprint density at radius 2 is 1.90 bits per heavy atom. The van der Waals surface area contributed by atoms with Crippen molar-refractivity contribution in [3.05, 3.63) is 11.8 Å². The Bertz CT molecular complexity index is 528. The lowest BCUT2D eigenvalue weighted by molar-refractivity contribution is -0.141. The molecular formula is C12H18F3N5O. The molecule has 0 unspecified atom stereocenters. The van der Waals surface area contributed by atoms with Crippen molar-refractivity contribution in [1.82, 2.24) is 9.97 Å². The molecule has 0 saturated carbocycles. The van der Waals surface area contributed by atoms with Gasteiger partial charge in [-0.1, -0.05) is 0 Å². The molecule has 0 aliphatic heterocycles. The number of aromatic nitrogens is 2. The molecule has 0 aliphatic carbocycles. The Labute approximate surface area is 120 Å². The van der Waals surface area contributed by atoms with Crippen LogP contribution < -0.4 is 16.0 Å². The van der Waals surface area contributed by atoms with Gasteiger partial charge in [-0.2, -0.15) is 18.2 Å². The first-order chi connectivity index (χ1) is 9.43. The fourth-order valence-electron chi connectivity index (χ4n) is 1.27. The van der Waals surface area contributed by atoms with E-state index < -0.39 is 23.2 Å². The van der Waals surface area contributed by atoms with E-state index in [1.807, 2.05) is 0 Å². The monoisotopic (exact) mass is 305 g/mol. The van der Waals surface area contributed by atoms with Crippen molar-refractivity contribution in [2.24, 2.45) is 11.1 Å². The van der Waals surface area contributed by atoms with Crippen LogP contribution in [0, 0.1) is 5.41 Å². The van der Waals surface area contributed by atoms with Crippen molar-refractivity contribution in [2.45, 2.75) is 20.0 Å². The fraction of sp³-hybridized carbons (Fsp3) is 0.583. The van der Waals surface area contributed by atoms with Gasteiger partial charge in [0.15, 0.2) is 5.69 Å². The first-order valence-electron chi connectivity index (χ1n) is 6.11. The lowest BCUT2D eigenvalue weighted by atomic mass is 9.93. The Balaban J connectivity index is 3.07. The topological polar surface area (TPSA) is 84.1 Å². The van der Waals surface area contributed by atoms with Crippen molar-refractivity contribution in [3.8, 4) is 0 Å². The van der Waals surface area contributed by atoms with Crippen molar-refractivity contribution in [3.63, 3.8) is 0 Å². The lowest BCUT2D eigenvalue weighted by Gasteiger charge is -2.22. The van der Waals surface area contributed by atoms with E-state index in [-0.39, 0.29) is 18.3 Å². The van der Waals surface area contributed by atoms with Gasteiger partial charge < -0.3 is 16.0 Å². The van der Waals surface area contributed by atoms with E-state index in [9.17, 15) is 18.0 Å². The fourth-order valence-corrected chi connectivity index (χ4v) is 1.27. The maximum Gasteiger partial charge on any atom is 0.433 e. The van der Waals surface area contributed by atoms with Crippen LogP contribution in [0.15, 0.2) is 6.07 Å². The molecule has 0 saturated heterocycles. The van der Waals surface area contributed by atoms with E-state index >= 15 is 0 Å². The molecule has 0 fully saturated rings. The zero-order chi connectivity index (χ0) is 16.4. The first kappa shape index (κ1) is 17.0. The molecule has 0 spiro atoms. The van der Waals surface area contributed by atoms with Crippen LogP contribution in [0.3, 0.4) is 0 Å². The van der Waals surface area contributed by atoms with Gasteiger partial charge in [-0.3, -0.25) is 4.79 Å². The Morgan fingerprint density at radius 1 is 1.33 bits per heavy atom. The minimum Gasteiger partial charge on any atom is -0.369 e. The first-order valence-corrected chi connectivity index (χ1v) is 6.11. The van der Waals surface area contributed by atoms with E-state index in [2.05, 4.69) is 15.3 Å². The number of amides is 1. The van der Waals surface area contributed by atoms with Gasteiger partial charge in [-0.15, -0.1) is 0 Å². The molecule has 3 N–H and O–H groups in total. The van der Waals surface area contributed by atoms with Crippen molar-refractivity contribution in [2.75, 3.05) is 30.9 Å². The molecule has 6 nitrogen and oxygen atoms in total. The highest BCUT2D eigenvalue weighted by Gasteiger charge is 2.34. The number of nitrogens with one attached hydrogen (secondary N) is 1. The molecule has 1 heterocycles. The van der Waals surface area contributed by atoms with Gasteiger partial charge in [0.1, 0.15) is 5.82 Å². The maximum absolute atomic E-state index is 12.8. The standard InChI is InChI=1S/C12H18F3N5O/c1-11(2,9(16)21)6-17-10-18-7(12(13,14)15)5-8(19-10)20(3)4/h5H,6H2,1-4H3,(H2,16,21)(H,17,18,19). The number of carbonyl (C=O) groups excluding carboxylic acids is 1. The summed E-state index contributed by atoms with van der Waals surface area (Å²) in [5.74, 6) is -0.672. The van der Waals surface area contributed by atoms with E-state index in [0.29, 0.717) is 0 Å². The van der Waals surface area contributed by atoms with Crippen LogP contribution in [-0.4, -0.2) is 36.5 Å². The summed E-state index contributed by atoms with van der Waals surface area (Å²) in [5.41, 5.74) is 3.21. The van der Waals surface area contributed by atoms with Crippen LogP contribution in [-0.2, 0) is 11.0 Å². The van der Waals surface area contributed by atoms with Crippen LogP contribution in [0.25, 0.3) is 0 Å². The third-order valence-corrected chi connectivity index (χ3v) is 2.82. The third-order valence-electron chi connectivity index (χ3n) is 2.82. The summed E-state index contributed by atoms with van der Waals surface area (Å²) >= 11 is 0. The second-order valence-corrected chi connectivity index (χ2v) is 5.43. The summed E-state index contributed by atoms with van der Waals surface area (Å²) in [6, 6.07) is 0.852. The van der Waals surface area contributed by atoms with Crippen LogP contribution in [0.5, 0.6) is 0 Å². The molecule has 1 amide bonds. The molecule has 0 aliphatic rings. The van der Waals surface area contributed by atoms with Gasteiger partial charge in [0, 0.05) is 26.7 Å². The molecule has 1 aromatic rings.